The van der Waals surface area contributed by atoms with E-state index >= 15 is 0 Å². The van der Waals surface area contributed by atoms with Gasteiger partial charge in [0.05, 0.1) is 23.6 Å². The van der Waals surface area contributed by atoms with Crippen molar-refractivity contribution in [2.24, 2.45) is 17.6 Å². The Labute approximate surface area is 246 Å². The van der Waals surface area contributed by atoms with Gasteiger partial charge in [0.25, 0.3) is 5.91 Å². The van der Waals surface area contributed by atoms with Crippen LogP contribution in [0.15, 0.2) is 53.3 Å². The summed E-state index contributed by atoms with van der Waals surface area (Å²) in [7, 11) is 2.92. The van der Waals surface area contributed by atoms with Crippen molar-refractivity contribution in [1.29, 1.82) is 0 Å². The van der Waals surface area contributed by atoms with Gasteiger partial charge in [-0.05, 0) is 36.7 Å². The molecule has 7 N–H and O–H groups in total. The predicted octanol–water partition coefficient (Wildman–Crippen LogP) is 2.41. The first-order valence-electron chi connectivity index (χ1n) is 13.3. The second-order valence-electron chi connectivity index (χ2n) is 11.2. The fourth-order valence-corrected chi connectivity index (χ4v) is 6.85. The standard InChI is InChI=1S/C31H31ClN2O8/c1-13-17-11-10-16(9-8-14-4-6-15(12-32)7-5-14)24(35)19(17)25(36)20-18(13)26(37)22-23(34(2)3)27(38)21(30(33)41)29(40)31(22,42)28(20)39/h4-11,13,18,22-23,26,35-37,40,42H,12H2,1-3H3,(H2,33,41)/b9-8+/t13-,18+,22+,23-,26-,31-/m1/s1. The molecule has 2 aromatic rings. The number of phenols is 1. The number of halogens is 1. The Morgan fingerprint density at radius 3 is 2.29 bits per heavy atom. The van der Waals surface area contributed by atoms with E-state index in [1.807, 2.05) is 24.3 Å². The van der Waals surface area contributed by atoms with Gasteiger partial charge < -0.3 is 31.3 Å². The molecule has 220 valence electrons. The molecule has 0 saturated heterocycles. The van der Waals surface area contributed by atoms with E-state index in [1.54, 1.807) is 31.2 Å². The molecular weight excluding hydrogens is 564 g/mol. The van der Waals surface area contributed by atoms with Crippen molar-refractivity contribution < 1.29 is 39.9 Å². The minimum Gasteiger partial charge on any atom is -0.508 e. The van der Waals surface area contributed by atoms with Crippen LogP contribution in [0.5, 0.6) is 5.75 Å². The number of aliphatic hydroxyl groups is 4. The van der Waals surface area contributed by atoms with E-state index in [0.717, 1.165) is 11.1 Å². The third kappa shape index (κ3) is 4.09. The molecule has 1 amide bonds. The summed E-state index contributed by atoms with van der Waals surface area (Å²) in [4.78, 5) is 40.8. The van der Waals surface area contributed by atoms with Crippen LogP contribution in [0, 0.1) is 11.8 Å². The number of alkyl halides is 1. The summed E-state index contributed by atoms with van der Waals surface area (Å²) in [6, 6.07) is 9.34. The summed E-state index contributed by atoms with van der Waals surface area (Å²) >= 11 is 5.85. The third-order valence-corrected chi connectivity index (χ3v) is 9.06. The minimum atomic E-state index is -2.95. The molecule has 2 aromatic carbocycles. The van der Waals surface area contributed by atoms with Gasteiger partial charge in [0.2, 0.25) is 5.78 Å². The molecule has 3 aliphatic rings. The number of carbonyl (C=O) groups excluding carboxylic acids is 3. The highest BCUT2D eigenvalue weighted by atomic mass is 35.5. The molecule has 10 nitrogen and oxygen atoms in total. The molecule has 5 rings (SSSR count). The van der Waals surface area contributed by atoms with E-state index in [0.29, 0.717) is 17.0 Å². The number of primary amides is 1. The van der Waals surface area contributed by atoms with Crippen molar-refractivity contribution in [2.75, 3.05) is 14.1 Å². The SMILES string of the molecule is C[C@@H]1c2ccc(/C=C/c3ccc(CCl)cc3)c(O)c2C(O)=C2C(=O)[C@@]3(O)C(O)=C(C(N)=O)C(=O)[C@H](N(C)C)[C@H]3[C@H](O)[C@H]21. The molecule has 0 heterocycles. The lowest BCUT2D eigenvalue weighted by atomic mass is 9.54. The number of nitrogens with two attached hydrogens (primary N) is 1. The molecule has 0 aliphatic heterocycles. The molecule has 1 saturated carbocycles. The van der Waals surface area contributed by atoms with E-state index < -0.39 is 75.6 Å². The first kappa shape index (κ1) is 29.5. The van der Waals surface area contributed by atoms with Gasteiger partial charge in [-0.15, -0.1) is 11.6 Å². The van der Waals surface area contributed by atoms with E-state index in [1.165, 1.54) is 19.0 Å². The molecule has 0 spiro atoms. The Hall–Kier alpha value is -3.96. The van der Waals surface area contributed by atoms with Crippen molar-refractivity contribution in [3.8, 4) is 5.75 Å². The number of aliphatic hydroxyl groups excluding tert-OH is 3. The maximum absolute atomic E-state index is 14.1. The minimum absolute atomic E-state index is 0.0642. The normalized spacial score (nSPS) is 29.2. The zero-order valence-electron chi connectivity index (χ0n) is 23.1. The van der Waals surface area contributed by atoms with Crippen molar-refractivity contribution >= 4 is 47.0 Å². The zero-order chi connectivity index (χ0) is 30.8. The second kappa shape index (κ2) is 10.4. The monoisotopic (exact) mass is 594 g/mol. The topological polar surface area (TPSA) is 182 Å². The lowest BCUT2D eigenvalue weighted by molar-refractivity contribution is -0.169. The summed E-state index contributed by atoms with van der Waals surface area (Å²) in [5, 5.41) is 57.2. The average Bonchev–Trinajstić information content (AvgIpc) is 2.94. The average molecular weight is 595 g/mol. The number of phenolic OH excluding ortho intramolecular Hbond substituents is 1. The fourth-order valence-electron chi connectivity index (χ4n) is 6.67. The van der Waals surface area contributed by atoms with Crippen molar-refractivity contribution in [2.45, 2.75) is 36.5 Å². The maximum atomic E-state index is 14.1. The Morgan fingerprint density at radius 2 is 1.71 bits per heavy atom. The first-order chi connectivity index (χ1) is 19.8. The van der Waals surface area contributed by atoms with E-state index in [-0.39, 0.29) is 11.3 Å². The van der Waals surface area contributed by atoms with Crippen LogP contribution in [0.3, 0.4) is 0 Å². The number of Topliss-reactive ketones (excluding diaryl/α,β-unsaturated/α-hetero) is 2. The van der Waals surface area contributed by atoms with Crippen molar-refractivity contribution in [3.05, 3.63) is 81.1 Å². The molecule has 11 heteroatoms. The van der Waals surface area contributed by atoms with Crippen LogP contribution in [-0.4, -0.2) is 79.7 Å². The summed E-state index contributed by atoms with van der Waals surface area (Å²) < 4.78 is 0. The number of amides is 1. The number of ketones is 2. The van der Waals surface area contributed by atoms with Crippen LogP contribution in [0.2, 0.25) is 0 Å². The quantitative estimate of drug-likeness (QED) is 0.172. The number of hydrogen-bond donors (Lipinski definition) is 6. The summed E-state index contributed by atoms with van der Waals surface area (Å²) in [6.45, 7) is 1.68. The van der Waals surface area contributed by atoms with Crippen LogP contribution in [0.4, 0.5) is 0 Å². The summed E-state index contributed by atoms with van der Waals surface area (Å²) in [5.41, 5.74) is 3.47. The Morgan fingerprint density at radius 1 is 1.07 bits per heavy atom. The summed E-state index contributed by atoms with van der Waals surface area (Å²) in [6.07, 6.45) is 1.73. The van der Waals surface area contributed by atoms with E-state index in [9.17, 15) is 39.9 Å². The van der Waals surface area contributed by atoms with Crippen LogP contribution in [-0.2, 0) is 20.3 Å². The number of hydrogen-bond acceptors (Lipinski definition) is 9. The first-order valence-corrected chi connectivity index (χ1v) is 13.8. The molecule has 0 unspecified atom stereocenters. The smallest absolute Gasteiger partial charge is 0.255 e. The van der Waals surface area contributed by atoms with Crippen LogP contribution < -0.4 is 5.73 Å². The molecular formula is C31H31ClN2O8. The molecule has 42 heavy (non-hydrogen) atoms. The number of aromatic hydroxyl groups is 1. The molecule has 0 radical (unpaired) electrons. The number of fused-ring (bicyclic) bond motifs is 3. The van der Waals surface area contributed by atoms with Gasteiger partial charge in [-0.25, -0.2) is 0 Å². The van der Waals surface area contributed by atoms with Gasteiger partial charge in [-0.3, -0.25) is 19.3 Å². The Balaban J connectivity index is 1.68. The molecule has 3 aliphatic carbocycles. The van der Waals surface area contributed by atoms with Crippen LogP contribution in [0.1, 0.15) is 40.7 Å². The number of nitrogens with zero attached hydrogens (tertiary/aromatic N) is 1. The predicted molar refractivity (Wildman–Crippen MR) is 155 cm³/mol. The highest BCUT2D eigenvalue weighted by molar-refractivity contribution is 6.24. The van der Waals surface area contributed by atoms with Gasteiger partial charge in [0.15, 0.2) is 11.4 Å². The maximum Gasteiger partial charge on any atom is 0.255 e. The van der Waals surface area contributed by atoms with Gasteiger partial charge in [0.1, 0.15) is 22.8 Å². The van der Waals surface area contributed by atoms with Gasteiger partial charge in [-0.1, -0.05) is 55.5 Å². The molecule has 1 fully saturated rings. The van der Waals surface area contributed by atoms with Gasteiger partial charge in [-0.2, -0.15) is 0 Å². The fraction of sp³-hybridized carbons (Fsp3) is 0.323. The zero-order valence-corrected chi connectivity index (χ0v) is 23.8. The van der Waals surface area contributed by atoms with Crippen molar-refractivity contribution in [1.82, 2.24) is 4.90 Å². The lowest BCUT2D eigenvalue weighted by Crippen LogP contribution is -2.70. The summed E-state index contributed by atoms with van der Waals surface area (Å²) in [5.74, 6) is -8.81. The van der Waals surface area contributed by atoms with Crippen LogP contribution in [0.25, 0.3) is 17.9 Å². The van der Waals surface area contributed by atoms with Crippen molar-refractivity contribution in [3.63, 3.8) is 0 Å². The molecule has 6 atom stereocenters. The number of benzene rings is 2. The Bertz CT molecular complexity index is 1610. The van der Waals surface area contributed by atoms with Gasteiger partial charge in [0, 0.05) is 22.9 Å². The number of carbonyl (C=O) groups is 3. The highest BCUT2D eigenvalue weighted by Gasteiger charge is 2.68. The molecule has 0 bridgehead atoms. The van der Waals surface area contributed by atoms with Gasteiger partial charge >= 0.3 is 0 Å². The third-order valence-electron chi connectivity index (χ3n) is 8.75. The highest BCUT2D eigenvalue weighted by Crippen LogP contribution is 2.56. The second-order valence-corrected chi connectivity index (χ2v) is 11.5. The van der Waals surface area contributed by atoms with E-state index in [2.05, 4.69) is 0 Å². The molecule has 0 aromatic heterocycles. The number of likely N-dealkylation sites (N-methyl/N-ethyl adjacent to an activating group) is 1. The largest absolute Gasteiger partial charge is 0.508 e. The van der Waals surface area contributed by atoms with Crippen LogP contribution >= 0.6 is 11.6 Å². The lowest BCUT2D eigenvalue weighted by Gasteiger charge is -2.53. The number of rotatable bonds is 5. The Kier molecular flexibility index (Phi) is 7.31. The van der Waals surface area contributed by atoms with E-state index in [4.69, 9.17) is 17.3 Å².